The molecule has 0 radical (unpaired) electrons. The van der Waals surface area contributed by atoms with Gasteiger partial charge in [0.05, 0.1) is 24.9 Å². The minimum atomic E-state index is -0.187. The molecule has 1 fully saturated rings. The molecule has 3 rings (SSSR count). The minimum absolute atomic E-state index is 0.166. The third-order valence-electron chi connectivity index (χ3n) is 5.05. The number of methoxy groups -OCH3 is 1. The molecule has 8 nitrogen and oxygen atoms in total. The number of ether oxygens (including phenoxy) is 2. The molecule has 2 heterocycles. The van der Waals surface area contributed by atoms with Crippen molar-refractivity contribution in [3.05, 3.63) is 47.0 Å². The fourth-order valence-corrected chi connectivity index (χ4v) is 3.51. The Bertz CT molecular complexity index is 915. The van der Waals surface area contributed by atoms with Gasteiger partial charge < -0.3 is 19.3 Å². The lowest BCUT2D eigenvalue weighted by molar-refractivity contribution is 0.0532. The van der Waals surface area contributed by atoms with Crippen LogP contribution in [0, 0.1) is 5.92 Å². The minimum Gasteiger partial charge on any atom is -0.493 e. The van der Waals surface area contributed by atoms with Crippen molar-refractivity contribution in [2.75, 3.05) is 39.9 Å². The van der Waals surface area contributed by atoms with Crippen molar-refractivity contribution in [1.82, 2.24) is 19.8 Å². The Morgan fingerprint density at radius 2 is 1.77 bits per heavy atom. The van der Waals surface area contributed by atoms with Crippen LogP contribution in [0.5, 0.6) is 11.5 Å². The number of amides is 2. The monoisotopic (exact) mass is 446 g/mol. The zero-order chi connectivity index (χ0) is 22.4. The van der Waals surface area contributed by atoms with Crippen molar-refractivity contribution in [3.63, 3.8) is 0 Å². The third-order valence-corrected chi connectivity index (χ3v) is 5.34. The van der Waals surface area contributed by atoms with Crippen molar-refractivity contribution in [2.24, 2.45) is 5.92 Å². The van der Waals surface area contributed by atoms with E-state index in [0.29, 0.717) is 66.5 Å². The molecule has 1 saturated heterocycles. The van der Waals surface area contributed by atoms with E-state index < -0.39 is 0 Å². The fraction of sp³-hybridized carbons (Fsp3) is 0.455. The first-order valence-corrected chi connectivity index (χ1v) is 10.6. The van der Waals surface area contributed by atoms with E-state index in [1.807, 2.05) is 0 Å². The van der Waals surface area contributed by atoms with Crippen LogP contribution in [-0.2, 0) is 0 Å². The highest BCUT2D eigenvalue weighted by molar-refractivity contribution is 6.32. The summed E-state index contributed by atoms with van der Waals surface area (Å²) >= 11 is 6.40. The summed E-state index contributed by atoms with van der Waals surface area (Å²) in [6.07, 6.45) is 5.34. The van der Waals surface area contributed by atoms with E-state index in [1.165, 1.54) is 25.7 Å². The summed E-state index contributed by atoms with van der Waals surface area (Å²) in [7, 11) is 1.52. The maximum atomic E-state index is 13.0. The average molecular weight is 447 g/mol. The lowest BCUT2D eigenvalue weighted by Gasteiger charge is -2.34. The first kappa shape index (κ1) is 22.8. The number of halogens is 1. The van der Waals surface area contributed by atoms with Crippen molar-refractivity contribution in [2.45, 2.75) is 20.3 Å². The van der Waals surface area contributed by atoms with Gasteiger partial charge in [-0.15, -0.1) is 0 Å². The van der Waals surface area contributed by atoms with E-state index in [-0.39, 0.29) is 11.8 Å². The maximum absolute atomic E-state index is 13.0. The van der Waals surface area contributed by atoms with E-state index in [2.05, 4.69) is 23.8 Å². The van der Waals surface area contributed by atoms with Gasteiger partial charge in [-0.1, -0.05) is 25.4 Å². The number of nitrogens with zero attached hydrogens (tertiary/aromatic N) is 4. The standard InChI is InChI=1S/C22H27ClN4O4/c1-15(2)4-11-31-20-17(23)12-16(13-19(20)30-3)21(28)26-7-9-27(10-8-26)22(29)18-14-24-5-6-25-18/h5-6,12-15H,4,7-11H2,1-3H3. The molecule has 2 amide bonds. The van der Waals surface area contributed by atoms with Crippen LogP contribution in [-0.4, -0.2) is 71.5 Å². The quantitative estimate of drug-likeness (QED) is 0.649. The van der Waals surface area contributed by atoms with Crippen LogP contribution in [0.4, 0.5) is 0 Å². The summed E-state index contributed by atoms with van der Waals surface area (Å²) < 4.78 is 11.2. The first-order chi connectivity index (χ1) is 14.9. The van der Waals surface area contributed by atoms with Crippen LogP contribution in [0.1, 0.15) is 41.1 Å². The summed E-state index contributed by atoms with van der Waals surface area (Å²) in [6, 6.07) is 3.25. The van der Waals surface area contributed by atoms with Gasteiger partial charge in [-0.05, 0) is 24.5 Å². The van der Waals surface area contributed by atoms with Crippen LogP contribution >= 0.6 is 11.6 Å². The Hall–Kier alpha value is -2.87. The normalized spacial score (nSPS) is 14.0. The van der Waals surface area contributed by atoms with Crippen molar-refractivity contribution in [1.29, 1.82) is 0 Å². The maximum Gasteiger partial charge on any atom is 0.274 e. The van der Waals surface area contributed by atoms with Gasteiger partial charge in [-0.25, -0.2) is 4.98 Å². The fourth-order valence-electron chi connectivity index (χ4n) is 3.25. The number of benzene rings is 1. The summed E-state index contributed by atoms with van der Waals surface area (Å²) in [5, 5.41) is 0.336. The molecule has 0 unspecified atom stereocenters. The Labute approximate surface area is 187 Å². The number of hydrogen-bond donors (Lipinski definition) is 0. The highest BCUT2D eigenvalue weighted by Crippen LogP contribution is 2.37. The van der Waals surface area contributed by atoms with E-state index >= 15 is 0 Å². The number of rotatable bonds is 7. The number of aromatic nitrogens is 2. The number of piperazine rings is 1. The van der Waals surface area contributed by atoms with Gasteiger partial charge >= 0.3 is 0 Å². The van der Waals surface area contributed by atoms with E-state index in [1.54, 1.807) is 21.9 Å². The molecular weight excluding hydrogens is 420 g/mol. The van der Waals surface area contributed by atoms with Crippen LogP contribution in [0.3, 0.4) is 0 Å². The molecule has 166 valence electrons. The van der Waals surface area contributed by atoms with Crippen molar-refractivity contribution >= 4 is 23.4 Å². The zero-order valence-electron chi connectivity index (χ0n) is 18.0. The van der Waals surface area contributed by atoms with Crippen LogP contribution in [0.15, 0.2) is 30.7 Å². The van der Waals surface area contributed by atoms with Gasteiger partial charge in [0.2, 0.25) is 0 Å². The predicted molar refractivity (Wildman–Crippen MR) is 117 cm³/mol. The molecule has 9 heteroatoms. The third kappa shape index (κ3) is 5.64. The molecule has 1 aromatic heterocycles. The van der Waals surface area contributed by atoms with Crippen molar-refractivity contribution in [3.8, 4) is 11.5 Å². The SMILES string of the molecule is COc1cc(C(=O)N2CCN(C(=O)c3cnccn3)CC2)cc(Cl)c1OCCC(C)C. The zero-order valence-corrected chi connectivity index (χ0v) is 18.8. The molecule has 0 aliphatic carbocycles. The van der Waals surface area contributed by atoms with Crippen molar-refractivity contribution < 1.29 is 19.1 Å². The van der Waals surface area contributed by atoms with Crippen LogP contribution in [0.2, 0.25) is 5.02 Å². The van der Waals surface area contributed by atoms with E-state index in [4.69, 9.17) is 21.1 Å². The number of carbonyl (C=O) groups is 2. The summed E-state index contributed by atoms with van der Waals surface area (Å²) in [5.41, 5.74) is 0.721. The molecule has 31 heavy (non-hydrogen) atoms. The topological polar surface area (TPSA) is 84.9 Å². The Morgan fingerprint density at radius 1 is 1.10 bits per heavy atom. The Morgan fingerprint density at radius 3 is 2.35 bits per heavy atom. The summed E-state index contributed by atoms with van der Waals surface area (Å²) in [5.74, 6) is 1.02. The molecule has 0 spiro atoms. The first-order valence-electron chi connectivity index (χ1n) is 10.3. The van der Waals surface area contributed by atoms with Gasteiger partial charge in [-0.2, -0.15) is 0 Å². The molecule has 0 bridgehead atoms. The van der Waals surface area contributed by atoms with E-state index in [0.717, 1.165) is 6.42 Å². The second-order valence-corrected chi connectivity index (χ2v) is 8.10. The largest absolute Gasteiger partial charge is 0.493 e. The summed E-state index contributed by atoms with van der Waals surface area (Å²) in [4.78, 5) is 36.9. The second-order valence-electron chi connectivity index (χ2n) is 7.70. The van der Waals surface area contributed by atoms with Gasteiger partial charge in [0.15, 0.2) is 11.5 Å². The lowest BCUT2D eigenvalue weighted by atomic mass is 10.1. The highest BCUT2D eigenvalue weighted by atomic mass is 35.5. The Kier molecular flexibility index (Phi) is 7.68. The molecule has 1 aromatic carbocycles. The molecule has 2 aromatic rings. The van der Waals surface area contributed by atoms with Crippen LogP contribution in [0.25, 0.3) is 0 Å². The molecule has 1 aliphatic heterocycles. The Balaban J connectivity index is 1.65. The predicted octanol–water partition coefficient (Wildman–Crippen LogP) is 3.16. The van der Waals surface area contributed by atoms with Gasteiger partial charge in [0.25, 0.3) is 11.8 Å². The number of carbonyl (C=O) groups excluding carboxylic acids is 2. The molecule has 0 atom stereocenters. The van der Waals surface area contributed by atoms with Gasteiger partial charge in [0.1, 0.15) is 5.69 Å². The van der Waals surface area contributed by atoms with Gasteiger partial charge in [-0.3, -0.25) is 14.6 Å². The molecule has 0 saturated carbocycles. The average Bonchev–Trinajstić information content (AvgIpc) is 2.79. The second kappa shape index (κ2) is 10.4. The smallest absolute Gasteiger partial charge is 0.274 e. The van der Waals surface area contributed by atoms with Crippen LogP contribution < -0.4 is 9.47 Å². The van der Waals surface area contributed by atoms with Gasteiger partial charge in [0, 0.05) is 44.1 Å². The van der Waals surface area contributed by atoms with E-state index in [9.17, 15) is 9.59 Å². The summed E-state index contributed by atoms with van der Waals surface area (Å²) in [6.45, 7) is 6.41. The molecule has 0 N–H and O–H groups in total. The number of hydrogen-bond acceptors (Lipinski definition) is 6. The molecule has 1 aliphatic rings. The highest BCUT2D eigenvalue weighted by Gasteiger charge is 2.27. The molecular formula is C22H27ClN4O4. The lowest BCUT2D eigenvalue weighted by Crippen LogP contribution is -2.50.